The summed E-state index contributed by atoms with van der Waals surface area (Å²) in [6.45, 7) is 3.42. The predicted molar refractivity (Wildman–Crippen MR) is 84.2 cm³/mol. The minimum Gasteiger partial charge on any atom is -0.494 e. The van der Waals surface area contributed by atoms with E-state index in [2.05, 4.69) is 6.92 Å². The lowest BCUT2D eigenvalue weighted by atomic mass is 10.2. The molecule has 0 aliphatic rings. The third kappa shape index (κ3) is 9.31. The smallest absolute Gasteiger partial charge is 0.209 e. The SMILES string of the molecule is CCCOc1ccc(OCCCCCCS(N)(=O)=O)cc1. The maximum Gasteiger partial charge on any atom is 0.209 e. The number of ether oxygens (including phenoxy) is 2. The van der Waals surface area contributed by atoms with Gasteiger partial charge in [-0.25, -0.2) is 13.6 Å². The summed E-state index contributed by atoms with van der Waals surface area (Å²) in [5.41, 5.74) is 0. The molecule has 6 heteroatoms. The Morgan fingerprint density at radius 3 is 1.95 bits per heavy atom. The summed E-state index contributed by atoms with van der Waals surface area (Å²) in [7, 11) is -3.31. The van der Waals surface area contributed by atoms with Crippen LogP contribution in [-0.4, -0.2) is 27.4 Å². The maximum atomic E-state index is 10.7. The number of benzene rings is 1. The Balaban J connectivity index is 2.10. The molecule has 0 spiro atoms. The van der Waals surface area contributed by atoms with Gasteiger partial charge in [-0.05, 0) is 43.5 Å². The molecular weight excluding hydrogens is 290 g/mol. The van der Waals surface area contributed by atoms with Gasteiger partial charge in [0.15, 0.2) is 0 Å². The molecule has 0 aliphatic heterocycles. The maximum absolute atomic E-state index is 10.7. The fraction of sp³-hybridized carbons (Fsp3) is 0.600. The van der Waals surface area contributed by atoms with E-state index in [-0.39, 0.29) is 5.75 Å². The van der Waals surface area contributed by atoms with Crippen molar-refractivity contribution in [1.29, 1.82) is 0 Å². The quantitative estimate of drug-likeness (QED) is 0.637. The lowest BCUT2D eigenvalue weighted by Crippen LogP contribution is -2.16. The van der Waals surface area contributed by atoms with Gasteiger partial charge in [-0.15, -0.1) is 0 Å². The Morgan fingerprint density at radius 2 is 1.43 bits per heavy atom. The molecule has 0 unspecified atom stereocenters. The molecule has 0 fully saturated rings. The van der Waals surface area contributed by atoms with Crippen LogP contribution in [0.3, 0.4) is 0 Å². The molecule has 1 rings (SSSR count). The van der Waals surface area contributed by atoms with Crippen LogP contribution in [0.4, 0.5) is 0 Å². The molecule has 1 aromatic carbocycles. The van der Waals surface area contributed by atoms with Crippen molar-refractivity contribution < 1.29 is 17.9 Å². The van der Waals surface area contributed by atoms with Crippen molar-refractivity contribution >= 4 is 10.0 Å². The van der Waals surface area contributed by atoms with E-state index in [9.17, 15) is 8.42 Å². The minimum atomic E-state index is -3.31. The number of rotatable bonds is 11. The number of hydrogen-bond donors (Lipinski definition) is 1. The molecule has 0 radical (unpaired) electrons. The zero-order chi connectivity index (χ0) is 15.6. The van der Waals surface area contributed by atoms with Crippen LogP contribution < -0.4 is 14.6 Å². The molecule has 0 saturated carbocycles. The number of nitrogens with two attached hydrogens (primary N) is 1. The van der Waals surface area contributed by atoms with Crippen LogP contribution in [0, 0.1) is 0 Å². The second kappa shape index (κ2) is 9.63. The van der Waals surface area contributed by atoms with Gasteiger partial charge >= 0.3 is 0 Å². The second-order valence-electron chi connectivity index (χ2n) is 4.95. The molecule has 0 atom stereocenters. The minimum absolute atomic E-state index is 0.0626. The van der Waals surface area contributed by atoms with Crippen molar-refractivity contribution in [2.24, 2.45) is 5.14 Å². The molecule has 0 heterocycles. The Bertz CT molecular complexity index is 485. The van der Waals surface area contributed by atoms with Crippen LogP contribution >= 0.6 is 0 Å². The molecule has 0 amide bonds. The topological polar surface area (TPSA) is 78.6 Å². The molecule has 0 saturated heterocycles. The molecule has 0 aliphatic carbocycles. The number of hydrogen-bond acceptors (Lipinski definition) is 4. The predicted octanol–water partition coefficient (Wildman–Crippen LogP) is 2.70. The first kappa shape index (κ1) is 17.8. The van der Waals surface area contributed by atoms with E-state index in [1.54, 1.807) is 0 Å². The number of primary sulfonamides is 1. The fourth-order valence-corrected chi connectivity index (χ4v) is 2.41. The largest absolute Gasteiger partial charge is 0.494 e. The van der Waals surface area contributed by atoms with Crippen molar-refractivity contribution in [3.63, 3.8) is 0 Å². The summed E-state index contributed by atoms with van der Waals surface area (Å²) in [4.78, 5) is 0. The van der Waals surface area contributed by atoms with Crippen molar-refractivity contribution in [1.82, 2.24) is 0 Å². The van der Waals surface area contributed by atoms with Crippen LogP contribution in [0.5, 0.6) is 11.5 Å². The molecule has 21 heavy (non-hydrogen) atoms. The van der Waals surface area contributed by atoms with Gasteiger partial charge in [0.05, 0.1) is 19.0 Å². The molecule has 5 nitrogen and oxygen atoms in total. The van der Waals surface area contributed by atoms with E-state index in [1.807, 2.05) is 24.3 Å². The standard InChI is InChI=1S/C15H25NO4S/c1-2-11-19-14-7-9-15(10-8-14)20-12-5-3-4-6-13-21(16,17)18/h7-10H,2-6,11-13H2,1H3,(H2,16,17,18). The van der Waals surface area contributed by atoms with Gasteiger partial charge in [0, 0.05) is 0 Å². The van der Waals surface area contributed by atoms with Crippen molar-refractivity contribution in [3.8, 4) is 11.5 Å². The van der Waals surface area contributed by atoms with E-state index in [0.717, 1.165) is 43.8 Å². The van der Waals surface area contributed by atoms with Crippen molar-refractivity contribution in [2.45, 2.75) is 39.0 Å². The van der Waals surface area contributed by atoms with Gasteiger partial charge in [0.25, 0.3) is 0 Å². The third-order valence-electron chi connectivity index (χ3n) is 2.89. The summed E-state index contributed by atoms with van der Waals surface area (Å²) in [5.74, 6) is 1.74. The van der Waals surface area contributed by atoms with E-state index >= 15 is 0 Å². The summed E-state index contributed by atoms with van der Waals surface area (Å²) in [6.07, 6.45) is 4.29. The first-order valence-corrected chi connectivity index (χ1v) is 9.09. The van der Waals surface area contributed by atoms with Gasteiger partial charge in [-0.3, -0.25) is 0 Å². The highest BCUT2D eigenvalue weighted by Crippen LogP contribution is 2.18. The van der Waals surface area contributed by atoms with Gasteiger partial charge in [-0.2, -0.15) is 0 Å². The second-order valence-corrected chi connectivity index (χ2v) is 6.68. The summed E-state index contributed by atoms with van der Waals surface area (Å²) in [6, 6.07) is 7.59. The fourth-order valence-electron chi connectivity index (χ4n) is 1.80. The lowest BCUT2D eigenvalue weighted by Gasteiger charge is -2.08. The van der Waals surface area contributed by atoms with Crippen LogP contribution in [0.1, 0.15) is 39.0 Å². The first-order valence-electron chi connectivity index (χ1n) is 7.37. The molecule has 120 valence electrons. The highest BCUT2D eigenvalue weighted by Gasteiger charge is 2.01. The van der Waals surface area contributed by atoms with Gasteiger partial charge in [-0.1, -0.05) is 19.8 Å². The Labute approximate surface area is 127 Å². The average molecular weight is 315 g/mol. The monoisotopic (exact) mass is 315 g/mol. The van der Waals surface area contributed by atoms with E-state index in [1.165, 1.54) is 0 Å². The van der Waals surface area contributed by atoms with Crippen LogP contribution in [0.2, 0.25) is 0 Å². The normalized spacial score (nSPS) is 11.3. The Hall–Kier alpha value is -1.27. The van der Waals surface area contributed by atoms with Gasteiger partial charge < -0.3 is 9.47 Å². The van der Waals surface area contributed by atoms with Crippen LogP contribution in [-0.2, 0) is 10.0 Å². The van der Waals surface area contributed by atoms with Gasteiger partial charge in [0.2, 0.25) is 10.0 Å². The molecular formula is C15H25NO4S. The highest BCUT2D eigenvalue weighted by molar-refractivity contribution is 7.89. The Kier molecular flexibility index (Phi) is 8.15. The Morgan fingerprint density at radius 1 is 0.905 bits per heavy atom. The van der Waals surface area contributed by atoms with Crippen LogP contribution in [0.15, 0.2) is 24.3 Å². The molecule has 0 aromatic heterocycles. The lowest BCUT2D eigenvalue weighted by molar-refractivity contribution is 0.301. The molecule has 0 bridgehead atoms. The zero-order valence-electron chi connectivity index (χ0n) is 12.6. The van der Waals surface area contributed by atoms with E-state index in [0.29, 0.717) is 13.0 Å². The number of unbranched alkanes of at least 4 members (excludes halogenated alkanes) is 3. The number of sulfonamides is 1. The summed E-state index contributed by atoms with van der Waals surface area (Å²) < 4.78 is 32.6. The zero-order valence-corrected chi connectivity index (χ0v) is 13.4. The molecule has 1 aromatic rings. The van der Waals surface area contributed by atoms with E-state index < -0.39 is 10.0 Å². The van der Waals surface area contributed by atoms with Gasteiger partial charge in [0.1, 0.15) is 11.5 Å². The summed E-state index contributed by atoms with van der Waals surface area (Å²) in [5, 5.41) is 4.93. The average Bonchev–Trinajstić information content (AvgIpc) is 2.44. The van der Waals surface area contributed by atoms with Crippen molar-refractivity contribution in [2.75, 3.05) is 19.0 Å². The third-order valence-corrected chi connectivity index (χ3v) is 3.75. The highest BCUT2D eigenvalue weighted by atomic mass is 32.2. The van der Waals surface area contributed by atoms with Crippen molar-refractivity contribution in [3.05, 3.63) is 24.3 Å². The summed E-state index contributed by atoms with van der Waals surface area (Å²) >= 11 is 0. The van der Waals surface area contributed by atoms with Crippen LogP contribution in [0.25, 0.3) is 0 Å². The van der Waals surface area contributed by atoms with E-state index in [4.69, 9.17) is 14.6 Å². The first-order chi connectivity index (χ1) is 10.0. The molecule has 2 N–H and O–H groups in total.